The van der Waals surface area contributed by atoms with Crippen molar-refractivity contribution in [2.45, 2.75) is 50.4 Å². The molecule has 1 aliphatic carbocycles. The Labute approximate surface area is 159 Å². The lowest BCUT2D eigenvalue weighted by atomic mass is 9.63. The van der Waals surface area contributed by atoms with Crippen molar-refractivity contribution in [3.8, 4) is 0 Å². The molecule has 2 aromatic heterocycles. The number of aromatic amines is 1. The Balaban J connectivity index is 1.40. The molecule has 4 heterocycles. The van der Waals surface area contributed by atoms with Crippen LogP contribution in [0, 0.1) is 5.41 Å². The first-order valence-electron chi connectivity index (χ1n) is 9.58. The molecule has 0 unspecified atom stereocenters. The van der Waals surface area contributed by atoms with Crippen LogP contribution < -0.4 is 5.46 Å². The summed E-state index contributed by atoms with van der Waals surface area (Å²) in [6.45, 7) is 4.68. The van der Waals surface area contributed by atoms with Gasteiger partial charge in [0.25, 0.3) is 0 Å². The van der Waals surface area contributed by atoms with Crippen LogP contribution >= 0.6 is 0 Å². The van der Waals surface area contributed by atoms with Crippen molar-refractivity contribution in [2.75, 3.05) is 13.1 Å². The van der Waals surface area contributed by atoms with E-state index in [1.54, 1.807) is 24.3 Å². The molecule has 0 atom stereocenters. The topological polar surface area (TPSA) is 95.5 Å². The molecule has 5 rings (SSSR count). The maximum atomic E-state index is 12.4. The number of pyridine rings is 1. The highest BCUT2D eigenvalue weighted by Gasteiger charge is 2.57. The van der Waals surface area contributed by atoms with Gasteiger partial charge < -0.3 is 14.7 Å². The van der Waals surface area contributed by atoms with Crippen molar-refractivity contribution < 1.29 is 18.1 Å². The number of aromatic nitrogens is 2. The zero-order chi connectivity index (χ0) is 19.0. The SMILES string of the molecule is CC(C)S(=O)(=O)N1CC2(CCC3(CC2)OB(O)c2cnc4[nH]ccc4c23)C1. The van der Waals surface area contributed by atoms with E-state index in [9.17, 15) is 13.4 Å². The third-order valence-electron chi connectivity index (χ3n) is 6.77. The van der Waals surface area contributed by atoms with Crippen molar-refractivity contribution in [1.29, 1.82) is 0 Å². The number of nitrogens with one attached hydrogen (secondary N) is 1. The molecule has 0 aromatic carbocycles. The Morgan fingerprint density at radius 3 is 2.67 bits per heavy atom. The summed E-state index contributed by atoms with van der Waals surface area (Å²) in [6.07, 6.45) is 6.95. The number of hydrogen-bond acceptors (Lipinski definition) is 5. The largest absolute Gasteiger partial charge is 0.493 e. The molecule has 1 saturated carbocycles. The summed E-state index contributed by atoms with van der Waals surface area (Å²) in [7, 11) is -4.12. The average Bonchev–Trinajstić information content (AvgIpc) is 3.17. The molecule has 2 N–H and O–H groups in total. The normalized spacial score (nSPS) is 24.1. The molecule has 2 aliphatic heterocycles. The molecule has 144 valence electrons. The zero-order valence-electron chi connectivity index (χ0n) is 15.6. The minimum absolute atomic E-state index is 0.0502. The Kier molecular flexibility index (Phi) is 3.64. The van der Waals surface area contributed by atoms with Crippen LogP contribution in [0.3, 0.4) is 0 Å². The Morgan fingerprint density at radius 2 is 2.00 bits per heavy atom. The predicted molar refractivity (Wildman–Crippen MR) is 103 cm³/mol. The molecule has 2 spiro atoms. The van der Waals surface area contributed by atoms with Crippen molar-refractivity contribution in [3.63, 3.8) is 0 Å². The van der Waals surface area contributed by atoms with Gasteiger partial charge in [-0.05, 0) is 56.6 Å². The summed E-state index contributed by atoms with van der Waals surface area (Å²) < 4.78 is 32.5. The lowest BCUT2D eigenvalue weighted by Gasteiger charge is -2.55. The molecular formula is C18H24BN3O4S. The van der Waals surface area contributed by atoms with Gasteiger partial charge in [0, 0.05) is 36.3 Å². The van der Waals surface area contributed by atoms with Crippen molar-refractivity contribution in [1.82, 2.24) is 14.3 Å². The summed E-state index contributed by atoms with van der Waals surface area (Å²) in [6, 6.07) is 2.00. The highest BCUT2D eigenvalue weighted by atomic mass is 32.2. The molecule has 3 aliphatic rings. The summed E-state index contributed by atoms with van der Waals surface area (Å²) in [5.74, 6) is 0. The summed E-state index contributed by atoms with van der Waals surface area (Å²) in [5, 5.41) is 11.1. The first kappa shape index (κ1) is 17.7. The smallest absolute Gasteiger partial charge is 0.423 e. The van der Waals surface area contributed by atoms with Crippen LogP contribution in [0.4, 0.5) is 0 Å². The third kappa shape index (κ3) is 2.38. The van der Waals surface area contributed by atoms with Crippen LogP contribution in [0.25, 0.3) is 11.0 Å². The van der Waals surface area contributed by atoms with Crippen molar-refractivity contribution in [2.24, 2.45) is 5.41 Å². The second-order valence-electron chi connectivity index (χ2n) is 8.65. The van der Waals surface area contributed by atoms with Crippen molar-refractivity contribution >= 4 is 33.6 Å². The highest BCUT2D eigenvalue weighted by Crippen LogP contribution is 2.54. The third-order valence-corrected chi connectivity index (χ3v) is 8.94. The van der Waals surface area contributed by atoms with Gasteiger partial charge in [0.05, 0.1) is 10.9 Å². The van der Waals surface area contributed by atoms with Gasteiger partial charge in [-0.1, -0.05) is 0 Å². The van der Waals surface area contributed by atoms with Gasteiger partial charge in [-0.25, -0.2) is 17.7 Å². The van der Waals surface area contributed by atoms with E-state index in [4.69, 9.17) is 4.65 Å². The Morgan fingerprint density at radius 1 is 1.30 bits per heavy atom. The molecule has 2 fully saturated rings. The highest BCUT2D eigenvalue weighted by molar-refractivity contribution is 7.89. The molecule has 0 amide bonds. The minimum atomic E-state index is -3.17. The standard InChI is InChI=1S/C18H24BN3O4S/c1-12(2)27(24,25)22-10-17(11-22)4-6-18(7-5-17)15-13-3-8-20-16(13)21-9-14(15)19(23)26-18/h3,8-9,12,23H,4-7,10-11H2,1-2H3,(H,20,21). The molecule has 0 bridgehead atoms. The van der Waals surface area contributed by atoms with Crippen LogP contribution in [0.5, 0.6) is 0 Å². The summed E-state index contributed by atoms with van der Waals surface area (Å²) in [4.78, 5) is 7.52. The number of H-pyrrole nitrogens is 1. The van der Waals surface area contributed by atoms with Crippen LogP contribution in [0.15, 0.2) is 18.5 Å². The average molecular weight is 389 g/mol. The quantitative estimate of drug-likeness (QED) is 0.750. The van der Waals surface area contributed by atoms with E-state index in [-0.39, 0.29) is 10.7 Å². The second kappa shape index (κ2) is 5.56. The van der Waals surface area contributed by atoms with Gasteiger partial charge in [-0.2, -0.15) is 0 Å². The lowest BCUT2D eigenvalue weighted by Crippen LogP contribution is -2.61. The van der Waals surface area contributed by atoms with Gasteiger partial charge in [0.15, 0.2) is 0 Å². The fourth-order valence-corrected chi connectivity index (χ4v) is 6.61. The van der Waals surface area contributed by atoms with Gasteiger partial charge in [0.2, 0.25) is 10.0 Å². The number of rotatable bonds is 2. The van der Waals surface area contributed by atoms with Crippen LogP contribution in [-0.4, -0.2) is 53.2 Å². The van der Waals surface area contributed by atoms with Crippen LogP contribution in [-0.2, 0) is 20.3 Å². The molecule has 1 saturated heterocycles. The van der Waals surface area contributed by atoms with E-state index < -0.39 is 22.7 Å². The Hall–Kier alpha value is -1.42. The number of fused-ring (bicyclic) bond motifs is 4. The molecule has 2 aromatic rings. The maximum Gasteiger partial charge on any atom is 0.493 e. The molecule has 9 heteroatoms. The number of hydrogen-bond donors (Lipinski definition) is 2. The molecule has 0 radical (unpaired) electrons. The van der Waals surface area contributed by atoms with Crippen molar-refractivity contribution in [3.05, 3.63) is 24.0 Å². The monoisotopic (exact) mass is 389 g/mol. The van der Waals surface area contributed by atoms with Gasteiger partial charge in [0.1, 0.15) is 5.65 Å². The lowest BCUT2D eigenvalue weighted by molar-refractivity contribution is -0.0597. The molecular weight excluding hydrogens is 365 g/mol. The fraction of sp³-hybridized carbons (Fsp3) is 0.611. The van der Waals surface area contributed by atoms with E-state index in [0.29, 0.717) is 13.1 Å². The number of nitrogens with zero attached hydrogens (tertiary/aromatic N) is 2. The Bertz CT molecular complexity index is 1000. The van der Waals surface area contributed by atoms with E-state index >= 15 is 0 Å². The van der Waals surface area contributed by atoms with Crippen LogP contribution in [0.1, 0.15) is 45.1 Å². The predicted octanol–water partition coefficient (Wildman–Crippen LogP) is 1.09. The molecule has 7 nitrogen and oxygen atoms in total. The molecule has 27 heavy (non-hydrogen) atoms. The summed E-state index contributed by atoms with van der Waals surface area (Å²) >= 11 is 0. The maximum absolute atomic E-state index is 12.4. The van der Waals surface area contributed by atoms with Gasteiger partial charge >= 0.3 is 7.12 Å². The first-order valence-corrected chi connectivity index (χ1v) is 11.1. The van der Waals surface area contributed by atoms with E-state index in [2.05, 4.69) is 9.97 Å². The van der Waals surface area contributed by atoms with E-state index in [1.807, 2.05) is 12.3 Å². The van der Waals surface area contributed by atoms with Gasteiger partial charge in [-0.15, -0.1) is 0 Å². The van der Waals surface area contributed by atoms with Gasteiger partial charge in [-0.3, -0.25) is 0 Å². The van der Waals surface area contributed by atoms with E-state index in [0.717, 1.165) is 47.7 Å². The zero-order valence-corrected chi connectivity index (χ0v) is 16.4. The first-order chi connectivity index (χ1) is 12.8. The minimum Gasteiger partial charge on any atom is -0.423 e. The second-order valence-corrected chi connectivity index (χ2v) is 11.1. The van der Waals surface area contributed by atoms with Crippen LogP contribution in [0.2, 0.25) is 0 Å². The number of sulfonamides is 1. The fourth-order valence-electron chi connectivity index (χ4n) is 5.10. The van der Waals surface area contributed by atoms with E-state index in [1.165, 1.54) is 0 Å². The summed E-state index contributed by atoms with van der Waals surface area (Å²) in [5.41, 5.74) is 2.18.